The van der Waals surface area contributed by atoms with Crippen molar-refractivity contribution in [2.45, 2.75) is 30.2 Å². The highest BCUT2D eigenvalue weighted by Gasteiger charge is 2.21. The molecule has 0 saturated carbocycles. The summed E-state index contributed by atoms with van der Waals surface area (Å²) in [4.78, 5) is 23.1. The number of hydrogen-bond donors (Lipinski definition) is 1. The Morgan fingerprint density at radius 2 is 1.98 bits per heavy atom. The van der Waals surface area contributed by atoms with Crippen LogP contribution >= 0.6 is 11.8 Å². The lowest BCUT2D eigenvalue weighted by atomic mass is 10.0. The van der Waals surface area contributed by atoms with Crippen LogP contribution in [0.5, 0.6) is 0 Å². The summed E-state index contributed by atoms with van der Waals surface area (Å²) in [7, 11) is 0. The van der Waals surface area contributed by atoms with Gasteiger partial charge in [0.25, 0.3) is 0 Å². The molecule has 11 heteroatoms. The highest BCUT2D eigenvalue weighted by atomic mass is 32.2. The summed E-state index contributed by atoms with van der Waals surface area (Å²) >= 11 is 1.12. The number of carboxylic acid groups (broad SMARTS) is 1. The number of thioether (sulfide) groups is 1. The summed E-state index contributed by atoms with van der Waals surface area (Å²) in [5, 5.41) is 18.6. The fourth-order valence-electron chi connectivity index (χ4n) is 4.87. The minimum Gasteiger partial charge on any atom is -0.496 e. The van der Waals surface area contributed by atoms with Gasteiger partial charge in [0.1, 0.15) is 22.4 Å². The summed E-state index contributed by atoms with van der Waals surface area (Å²) in [6, 6.07) is 14.1. The number of benzene rings is 2. The maximum absolute atomic E-state index is 14.6. The molecule has 0 radical (unpaired) electrons. The number of fused-ring (bicyclic) bond motifs is 1. The fraction of sp³-hybridized carbons (Fsp3) is 0.226. The molecule has 2 aromatic carbocycles. The van der Waals surface area contributed by atoms with Crippen LogP contribution in [0.25, 0.3) is 22.8 Å². The van der Waals surface area contributed by atoms with E-state index in [4.69, 9.17) is 15.0 Å². The largest absolute Gasteiger partial charge is 0.496 e. The van der Waals surface area contributed by atoms with Crippen molar-refractivity contribution in [2.75, 3.05) is 19.7 Å². The molecule has 4 heterocycles. The van der Waals surface area contributed by atoms with Gasteiger partial charge in [-0.2, -0.15) is 5.26 Å². The molecule has 0 atom stereocenters. The van der Waals surface area contributed by atoms with E-state index in [1.54, 1.807) is 24.3 Å². The van der Waals surface area contributed by atoms with Crippen LogP contribution in [0, 0.1) is 23.0 Å². The van der Waals surface area contributed by atoms with E-state index in [0.717, 1.165) is 41.9 Å². The molecule has 1 fully saturated rings. The number of rotatable bonds is 8. The second kappa shape index (κ2) is 11.8. The van der Waals surface area contributed by atoms with Gasteiger partial charge in [0.05, 0.1) is 47.1 Å². The average molecular weight is 586 g/mol. The number of halogens is 2. The van der Waals surface area contributed by atoms with Crippen molar-refractivity contribution in [1.29, 1.82) is 5.26 Å². The number of nitrogens with zero attached hydrogens (tertiary/aromatic N) is 5. The van der Waals surface area contributed by atoms with E-state index >= 15 is 0 Å². The van der Waals surface area contributed by atoms with E-state index in [1.807, 2.05) is 16.8 Å². The van der Waals surface area contributed by atoms with Crippen molar-refractivity contribution in [2.24, 2.45) is 0 Å². The molecule has 0 amide bonds. The number of hydrogen-bond acceptors (Lipinski definition) is 7. The Hall–Kier alpha value is -4.53. The predicted molar refractivity (Wildman–Crippen MR) is 154 cm³/mol. The van der Waals surface area contributed by atoms with Gasteiger partial charge in [0.2, 0.25) is 0 Å². The van der Waals surface area contributed by atoms with E-state index in [2.05, 4.69) is 16.0 Å². The first kappa shape index (κ1) is 27.6. The third kappa shape index (κ3) is 5.77. The van der Waals surface area contributed by atoms with Gasteiger partial charge in [0.15, 0.2) is 5.82 Å². The van der Waals surface area contributed by atoms with Crippen LogP contribution in [0.1, 0.15) is 45.8 Å². The first-order valence-corrected chi connectivity index (χ1v) is 14.3. The number of imidazole rings is 1. The third-order valence-electron chi connectivity index (χ3n) is 7.27. The van der Waals surface area contributed by atoms with E-state index in [-0.39, 0.29) is 21.9 Å². The molecule has 1 saturated heterocycles. The van der Waals surface area contributed by atoms with Gasteiger partial charge in [-0.25, -0.2) is 23.5 Å². The molecular weight excluding hydrogens is 560 g/mol. The highest BCUT2D eigenvalue weighted by molar-refractivity contribution is 7.98. The van der Waals surface area contributed by atoms with Crippen LogP contribution in [0.2, 0.25) is 0 Å². The van der Waals surface area contributed by atoms with Crippen molar-refractivity contribution in [3.05, 3.63) is 100 Å². The van der Waals surface area contributed by atoms with Gasteiger partial charge in [-0.15, -0.1) is 0 Å². The van der Waals surface area contributed by atoms with Crippen molar-refractivity contribution >= 4 is 40.5 Å². The van der Waals surface area contributed by atoms with Crippen molar-refractivity contribution in [3.8, 4) is 6.07 Å². The first-order chi connectivity index (χ1) is 20.4. The molecule has 0 bridgehead atoms. The molecule has 42 heavy (non-hydrogen) atoms. The molecule has 6 rings (SSSR count). The maximum atomic E-state index is 14.6. The van der Waals surface area contributed by atoms with Crippen LogP contribution in [-0.4, -0.2) is 50.2 Å². The summed E-state index contributed by atoms with van der Waals surface area (Å²) in [6.45, 7) is 2.56. The minimum absolute atomic E-state index is 0.188. The number of carboxylic acids is 1. The van der Waals surface area contributed by atoms with Crippen LogP contribution in [0.15, 0.2) is 65.4 Å². The lowest BCUT2D eigenvalue weighted by molar-refractivity contribution is 0.0697. The quantitative estimate of drug-likeness (QED) is 0.248. The number of pyridine rings is 1. The van der Waals surface area contributed by atoms with Gasteiger partial charge in [-0.1, -0.05) is 23.9 Å². The number of aromatic nitrogens is 3. The Balaban J connectivity index is 1.17. The minimum atomic E-state index is -0.996. The smallest absolute Gasteiger partial charge is 0.335 e. The second-order valence-electron chi connectivity index (χ2n) is 10.0. The molecule has 2 aliphatic rings. The van der Waals surface area contributed by atoms with Crippen LogP contribution in [0.4, 0.5) is 8.78 Å². The van der Waals surface area contributed by atoms with E-state index in [9.17, 15) is 18.7 Å². The number of ether oxygens (including phenoxy) is 1. The van der Waals surface area contributed by atoms with Gasteiger partial charge in [-0.3, -0.25) is 9.47 Å². The maximum Gasteiger partial charge on any atom is 0.335 e. The third-order valence-corrected chi connectivity index (χ3v) is 8.28. The Morgan fingerprint density at radius 1 is 1.12 bits per heavy atom. The molecule has 1 N–H and O–H groups in total. The number of carbonyl (C=O) groups is 1. The lowest BCUT2D eigenvalue weighted by Crippen LogP contribution is -2.29. The van der Waals surface area contributed by atoms with Gasteiger partial charge >= 0.3 is 5.97 Å². The van der Waals surface area contributed by atoms with Gasteiger partial charge < -0.3 is 9.84 Å². The zero-order chi connectivity index (χ0) is 29.2. The molecule has 2 aliphatic heterocycles. The zero-order valence-electron chi connectivity index (χ0n) is 22.4. The van der Waals surface area contributed by atoms with Crippen molar-refractivity contribution in [3.63, 3.8) is 0 Å². The molecule has 0 spiro atoms. The molecule has 0 unspecified atom stereocenters. The predicted octanol–water partition coefficient (Wildman–Crippen LogP) is 6.08. The summed E-state index contributed by atoms with van der Waals surface area (Å²) in [5.41, 5.74) is 3.91. The number of aromatic carboxylic acids is 1. The molecule has 8 nitrogen and oxygen atoms in total. The zero-order valence-corrected chi connectivity index (χ0v) is 23.2. The SMILES string of the molecule is N#Cc1ccc(CSc2nc(C3=CCN(Cc4nc5ccc(C(=O)O)cc5n4C=C4CCO4)CC3)ccc2F)c(F)c1. The summed E-state index contributed by atoms with van der Waals surface area (Å²) < 4.78 is 36.3. The van der Waals surface area contributed by atoms with E-state index in [1.165, 1.54) is 24.3 Å². The number of nitriles is 1. The van der Waals surface area contributed by atoms with E-state index in [0.29, 0.717) is 48.4 Å². The van der Waals surface area contributed by atoms with Gasteiger partial charge in [-0.05, 0) is 60.0 Å². The molecule has 0 aliphatic carbocycles. The fourth-order valence-corrected chi connectivity index (χ4v) is 5.76. The molecular formula is C31H25F2N5O3S. The topological polar surface area (TPSA) is 104 Å². The van der Waals surface area contributed by atoms with Gasteiger partial charge in [0, 0.05) is 31.5 Å². The Morgan fingerprint density at radius 3 is 2.67 bits per heavy atom. The van der Waals surface area contributed by atoms with E-state index < -0.39 is 17.6 Å². The van der Waals surface area contributed by atoms with Crippen molar-refractivity contribution in [1.82, 2.24) is 19.4 Å². The highest BCUT2D eigenvalue weighted by Crippen LogP contribution is 2.30. The average Bonchev–Trinajstić information content (AvgIpc) is 3.31. The van der Waals surface area contributed by atoms with Crippen LogP contribution in [0.3, 0.4) is 0 Å². The van der Waals surface area contributed by atoms with Crippen LogP contribution < -0.4 is 0 Å². The molecule has 2 aromatic heterocycles. The Bertz CT molecular complexity index is 1800. The normalized spacial score (nSPS) is 16.1. The van der Waals surface area contributed by atoms with Crippen molar-refractivity contribution < 1.29 is 23.4 Å². The molecule has 212 valence electrons. The Kier molecular flexibility index (Phi) is 7.73. The lowest BCUT2D eigenvalue weighted by Gasteiger charge is -2.26. The van der Waals surface area contributed by atoms with Crippen LogP contribution in [-0.2, 0) is 17.0 Å². The summed E-state index contributed by atoms with van der Waals surface area (Å²) in [6.07, 6.45) is 5.47. The standard InChI is InChI=1S/C31H25F2N5O3S/c32-24-4-6-26(36-30(24)42-18-22-2-1-19(15-34)13-25(22)33)20-7-10-37(11-8-20)17-29-35-27-5-3-21(31(39)40)14-28(27)38(29)16-23-9-12-41-23/h1-7,13-14,16H,8-12,17-18H2,(H,39,40). The molecule has 4 aromatic rings. The Labute approximate surface area is 244 Å². The second-order valence-corrected chi connectivity index (χ2v) is 11.0. The monoisotopic (exact) mass is 585 g/mol. The first-order valence-electron chi connectivity index (χ1n) is 13.3. The summed E-state index contributed by atoms with van der Waals surface area (Å²) in [5.74, 6) is -0.166.